The molecule has 3 unspecified atom stereocenters. The lowest BCUT2D eigenvalue weighted by molar-refractivity contribution is -0.142. The average Bonchev–Trinajstić information content (AvgIpc) is 3.26. The summed E-state index contributed by atoms with van der Waals surface area (Å²) in [6.07, 6.45) is 0.330. The van der Waals surface area contributed by atoms with Gasteiger partial charge in [-0.05, 0) is 13.8 Å². The lowest BCUT2D eigenvalue weighted by Gasteiger charge is -2.26. The zero-order valence-corrected chi connectivity index (χ0v) is 13.2. The van der Waals surface area contributed by atoms with Crippen molar-refractivity contribution >= 4 is 5.97 Å². The SMILES string of the molecule is C=CC(=O)OCC(O)COCC(O)COC(C)(C)CC1CO1. The fourth-order valence-corrected chi connectivity index (χ4v) is 1.79. The molecule has 0 aromatic carbocycles. The van der Waals surface area contributed by atoms with Gasteiger partial charge >= 0.3 is 5.97 Å². The summed E-state index contributed by atoms with van der Waals surface area (Å²) in [7, 11) is 0. The van der Waals surface area contributed by atoms with Gasteiger partial charge in [0, 0.05) is 12.5 Å². The van der Waals surface area contributed by atoms with Gasteiger partial charge in [0.2, 0.25) is 0 Å². The van der Waals surface area contributed by atoms with Crippen molar-refractivity contribution in [3.63, 3.8) is 0 Å². The first-order chi connectivity index (χ1) is 10.3. The summed E-state index contributed by atoms with van der Waals surface area (Å²) in [5, 5.41) is 19.3. The number of carbonyl (C=O) groups is 1. The summed E-state index contributed by atoms with van der Waals surface area (Å²) in [4.78, 5) is 10.8. The minimum Gasteiger partial charge on any atom is -0.460 e. The van der Waals surface area contributed by atoms with E-state index in [2.05, 4.69) is 11.3 Å². The van der Waals surface area contributed by atoms with Crippen LogP contribution in [0, 0.1) is 0 Å². The van der Waals surface area contributed by atoms with Crippen molar-refractivity contribution in [3.8, 4) is 0 Å². The van der Waals surface area contributed by atoms with Gasteiger partial charge in [-0.1, -0.05) is 6.58 Å². The van der Waals surface area contributed by atoms with E-state index in [1.54, 1.807) is 0 Å². The molecule has 128 valence electrons. The van der Waals surface area contributed by atoms with E-state index >= 15 is 0 Å². The molecule has 1 heterocycles. The molecule has 2 N–H and O–H groups in total. The molecule has 0 aliphatic carbocycles. The van der Waals surface area contributed by atoms with Crippen LogP contribution in [0.25, 0.3) is 0 Å². The number of hydrogen-bond acceptors (Lipinski definition) is 7. The molecule has 0 bridgehead atoms. The van der Waals surface area contributed by atoms with Crippen LogP contribution in [-0.4, -0.2) is 73.1 Å². The van der Waals surface area contributed by atoms with E-state index in [0.29, 0.717) is 0 Å². The Bertz CT molecular complexity index is 352. The topological polar surface area (TPSA) is 97.8 Å². The summed E-state index contributed by atoms with van der Waals surface area (Å²) >= 11 is 0. The Morgan fingerprint density at radius 1 is 1.32 bits per heavy atom. The second-order valence-electron chi connectivity index (χ2n) is 5.91. The van der Waals surface area contributed by atoms with Gasteiger partial charge in [-0.2, -0.15) is 0 Å². The van der Waals surface area contributed by atoms with Gasteiger partial charge < -0.3 is 29.2 Å². The second-order valence-corrected chi connectivity index (χ2v) is 5.91. The first-order valence-corrected chi connectivity index (χ1v) is 7.31. The summed E-state index contributed by atoms with van der Waals surface area (Å²) in [5.74, 6) is -0.602. The molecule has 7 heteroatoms. The Hall–Kier alpha value is -0.990. The van der Waals surface area contributed by atoms with Crippen molar-refractivity contribution < 1.29 is 34.0 Å². The smallest absolute Gasteiger partial charge is 0.330 e. The van der Waals surface area contributed by atoms with Crippen LogP contribution in [0.5, 0.6) is 0 Å². The highest BCUT2D eigenvalue weighted by atomic mass is 16.6. The number of aliphatic hydroxyl groups excluding tert-OH is 2. The van der Waals surface area contributed by atoms with Crippen LogP contribution in [0.4, 0.5) is 0 Å². The maximum absolute atomic E-state index is 10.8. The molecule has 0 aromatic heterocycles. The second kappa shape index (κ2) is 9.22. The molecule has 1 saturated heterocycles. The Morgan fingerprint density at radius 2 is 1.91 bits per heavy atom. The van der Waals surface area contributed by atoms with Gasteiger partial charge in [-0.25, -0.2) is 4.79 Å². The maximum atomic E-state index is 10.8. The van der Waals surface area contributed by atoms with E-state index in [0.717, 1.165) is 19.1 Å². The van der Waals surface area contributed by atoms with Gasteiger partial charge in [0.25, 0.3) is 0 Å². The molecule has 7 nitrogen and oxygen atoms in total. The Labute approximate surface area is 130 Å². The molecule has 3 atom stereocenters. The highest BCUT2D eigenvalue weighted by Gasteiger charge is 2.32. The van der Waals surface area contributed by atoms with Gasteiger partial charge in [0.05, 0.1) is 38.1 Å². The third-order valence-corrected chi connectivity index (χ3v) is 2.99. The molecule has 0 amide bonds. The lowest BCUT2D eigenvalue weighted by Crippen LogP contribution is -2.33. The zero-order valence-electron chi connectivity index (χ0n) is 13.2. The Balaban J connectivity index is 2.05. The highest BCUT2D eigenvalue weighted by Crippen LogP contribution is 2.25. The van der Waals surface area contributed by atoms with E-state index in [1.165, 1.54) is 0 Å². The standard InChI is InChI=1S/C15H26O7/c1-4-14(18)21-8-11(16)6-19-7-12(17)9-22-15(2,3)5-13-10-20-13/h4,11-13,16-17H,1,5-10H2,2-3H3. The molecule has 22 heavy (non-hydrogen) atoms. The summed E-state index contributed by atoms with van der Waals surface area (Å²) < 4.78 is 20.6. The fourth-order valence-electron chi connectivity index (χ4n) is 1.79. The van der Waals surface area contributed by atoms with E-state index in [1.807, 2.05) is 13.8 Å². The van der Waals surface area contributed by atoms with Crippen molar-refractivity contribution in [3.05, 3.63) is 12.7 Å². The quantitative estimate of drug-likeness (QED) is 0.298. The largest absolute Gasteiger partial charge is 0.460 e. The first-order valence-electron chi connectivity index (χ1n) is 7.31. The number of esters is 1. The van der Waals surface area contributed by atoms with Crippen molar-refractivity contribution in [1.82, 2.24) is 0 Å². The summed E-state index contributed by atoms with van der Waals surface area (Å²) in [6.45, 7) is 7.86. The molecule has 0 saturated carbocycles. The molecular formula is C15H26O7. The van der Waals surface area contributed by atoms with Crippen LogP contribution in [0.1, 0.15) is 20.3 Å². The van der Waals surface area contributed by atoms with Crippen LogP contribution in [0.15, 0.2) is 12.7 Å². The summed E-state index contributed by atoms with van der Waals surface area (Å²) in [5.41, 5.74) is -0.361. The average molecular weight is 318 g/mol. The van der Waals surface area contributed by atoms with Crippen molar-refractivity contribution in [2.24, 2.45) is 0 Å². The van der Waals surface area contributed by atoms with Crippen LogP contribution in [-0.2, 0) is 23.7 Å². The molecule has 1 rings (SSSR count). The third-order valence-electron chi connectivity index (χ3n) is 2.99. The predicted octanol–water partition coefficient (Wildman–Crippen LogP) is 0.0381. The molecule has 0 radical (unpaired) electrons. The number of ether oxygens (including phenoxy) is 4. The van der Waals surface area contributed by atoms with Crippen LogP contribution < -0.4 is 0 Å². The molecule has 1 aliphatic heterocycles. The Kier molecular flexibility index (Phi) is 7.98. The van der Waals surface area contributed by atoms with Crippen molar-refractivity contribution in [1.29, 1.82) is 0 Å². The monoisotopic (exact) mass is 318 g/mol. The number of rotatable bonds is 12. The molecule has 0 spiro atoms. The minimum atomic E-state index is -0.944. The first kappa shape index (κ1) is 19.1. The van der Waals surface area contributed by atoms with Gasteiger partial charge in [0.1, 0.15) is 18.8 Å². The van der Waals surface area contributed by atoms with E-state index in [9.17, 15) is 15.0 Å². The van der Waals surface area contributed by atoms with Crippen molar-refractivity contribution in [2.75, 3.05) is 33.0 Å². The van der Waals surface area contributed by atoms with Crippen LogP contribution >= 0.6 is 0 Å². The molecule has 0 aromatic rings. The highest BCUT2D eigenvalue weighted by molar-refractivity contribution is 5.81. The predicted molar refractivity (Wildman–Crippen MR) is 78.4 cm³/mol. The fraction of sp³-hybridized carbons (Fsp3) is 0.800. The van der Waals surface area contributed by atoms with Gasteiger partial charge in [-0.3, -0.25) is 0 Å². The van der Waals surface area contributed by atoms with Crippen molar-refractivity contribution in [2.45, 2.75) is 44.2 Å². The van der Waals surface area contributed by atoms with E-state index in [4.69, 9.17) is 14.2 Å². The van der Waals surface area contributed by atoms with Crippen LogP contribution in [0.3, 0.4) is 0 Å². The maximum Gasteiger partial charge on any atom is 0.330 e. The summed E-state index contributed by atoms with van der Waals surface area (Å²) in [6, 6.07) is 0. The number of carbonyl (C=O) groups excluding carboxylic acids is 1. The van der Waals surface area contributed by atoms with E-state index in [-0.39, 0.29) is 38.1 Å². The number of hydrogen-bond donors (Lipinski definition) is 2. The minimum absolute atomic E-state index is 0.0302. The number of epoxide rings is 1. The zero-order chi connectivity index (χ0) is 16.6. The molecule has 1 fully saturated rings. The normalized spacial score (nSPS) is 20.3. The number of aliphatic hydroxyl groups is 2. The molecular weight excluding hydrogens is 292 g/mol. The lowest BCUT2D eigenvalue weighted by atomic mass is 10.0. The Morgan fingerprint density at radius 3 is 2.45 bits per heavy atom. The van der Waals surface area contributed by atoms with Crippen LogP contribution in [0.2, 0.25) is 0 Å². The third kappa shape index (κ3) is 9.11. The van der Waals surface area contributed by atoms with Gasteiger partial charge in [0.15, 0.2) is 0 Å². The molecule has 1 aliphatic rings. The van der Waals surface area contributed by atoms with Gasteiger partial charge in [-0.15, -0.1) is 0 Å². The van der Waals surface area contributed by atoms with E-state index < -0.39 is 18.2 Å².